The predicted molar refractivity (Wildman–Crippen MR) is 120 cm³/mol. The van der Waals surface area contributed by atoms with Crippen LogP contribution in [0.1, 0.15) is 0 Å². The van der Waals surface area contributed by atoms with Crippen LogP contribution in [-0.4, -0.2) is 122 Å². The summed E-state index contributed by atoms with van der Waals surface area (Å²) in [6.07, 6.45) is 0. The average molecular weight is 649 g/mol. The van der Waals surface area contributed by atoms with Crippen LogP contribution in [-0.2, 0) is 19.2 Å². The molecule has 1 heterocycles. The molecule has 1 aliphatic heterocycles. The van der Waals surface area contributed by atoms with Crippen molar-refractivity contribution in [3.8, 4) is 0 Å². The zero-order valence-electron chi connectivity index (χ0n) is 19.9. The maximum atomic E-state index is 12.6. The Bertz CT molecular complexity index is 841. The molecule has 13 nitrogen and oxygen atoms in total. The molecule has 1 saturated heterocycles. The summed E-state index contributed by atoms with van der Waals surface area (Å²) >= 11 is 0. The van der Waals surface area contributed by atoms with Crippen molar-refractivity contribution in [3.63, 3.8) is 0 Å². The topological polar surface area (TPSA) is 188 Å². The standard InChI is InChI=1S/C22H34N6O7.Gd/c23-17-1-3-18(4-2-17)24-19(29)13-25-5-7-26(14-20(30)31)9-11-28(16-22(34)35)12-10-27(8-6-25)15-21(32)33;/h1-4H,5-16,23H2,(H,24,29)(H,30,31)(H,32,33)(H,34,35);/q;+3/p-3. The van der Waals surface area contributed by atoms with Crippen molar-refractivity contribution in [3.05, 3.63) is 24.3 Å². The first-order valence-corrected chi connectivity index (χ1v) is 11.2. The molecule has 0 aliphatic carbocycles. The molecule has 14 heteroatoms. The number of carboxylic acids is 3. The van der Waals surface area contributed by atoms with E-state index in [4.69, 9.17) is 5.73 Å². The van der Waals surface area contributed by atoms with Crippen LogP contribution in [0.3, 0.4) is 0 Å². The van der Waals surface area contributed by atoms with E-state index >= 15 is 0 Å². The molecule has 199 valence electrons. The molecule has 1 amide bonds. The number of carbonyl (C=O) groups is 4. The van der Waals surface area contributed by atoms with Gasteiger partial charge in [0.1, 0.15) is 0 Å². The quantitative estimate of drug-likeness (QED) is 0.243. The van der Waals surface area contributed by atoms with E-state index in [0.29, 0.717) is 24.5 Å². The van der Waals surface area contributed by atoms with Crippen molar-refractivity contribution in [2.45, 2.75) is 0 Å². The number of carbonyl (C=O) groups excluding carboxylic acids is 4. The molecule has 1 aromatic carbocycles. The molecule has 0 bridgehead atoms. The van der Waals surface area contributed by atoms with Crippen LogP contribution in [0.5, 0.6) is 0 Å². The first-order valence-electron chi connectivity index (χ1n) is 11.2. The monoisotopic (exact) mass is 649 g/mol. The summed E-state index contributed by atoms with van der Waals surface area (Å²) in [6.45, 7) is 1.10. The maximum absolute atomic E-state index is 12.6. The maximum Gasteiger partial charge on any atom is 3.00 e. The molecule has 1 radical (unpaired) electrons. The Labute approximate surface area is 241 Å². The Balaban J connectivity index is 0.00000648. The van der Waals surface area contributed by atoms with E-state index in [0.717, 1.165) is 0 Å². The van der Waals surface area contributed by atoms with Crippen molar-refractivity contribution in [2.24, 2.45) is 0 Å². The number of hydrogen-bond donors (Lipinski definition) is 2. The minimum Gasteiger partial charge on any atom is -0.549 e. The molecule has 0 unspecified atom stereocenters. The fourth-order valence-corrected chi connectivity index (χ4v) is 3.73. The smallest absolute Gasteiger partial charge is 0.549 e. The van der Waals surface area contributed by atoms with Gasteiger partial charge in [0, 0.05) is 83.4 Å². The second-order valence-electron chi connectivity index (χ2n) is 8.39. The molecular formula is C22H31GdN6O7. The van der Waals surface area contributed by atoms with E-state index in [2.05, 4.69) is 5.32 Å². The molecule has 0 atom stereocenters. The van der Waals surface area contributed by atoms with Gasteiger partial charge in [-0.05, 0) is 24.3 Å². The molecule has 0 aromatic heterocycles. The fourth-order valence-electron chi connectivity index (χ4n) is 3.73. The Morgan fingerprint density at radius 1 is 0.639 bits per heavy atom. The van der Waals surface area contributed by atoms with Gasteiger partial charge in [-0.3, -0.25) is 24.4 Å². The normalized spacial score (nSPS) is 17.2. The van der Waals surface area contributed by atoms with Gasteiger partial charge in [0.2, 0.25) is 5.91 Å². The fraction of sp³-hybridized carbons (Fsp3) is 0.545. The van der Waals surface area contributed by atoms with Crippen LogP contribution >= 0.6 is 0 Å². The van der Waals surface area contributed by atoms with E-state index in [-0.39, 0.29) is 111 Å². The van der Waals surface area contributed by atoms with Crippen LogP contribution < -0.4 is 26.4 Å². The van der Waals surface area contributed by atoms with Gasteiger partial charge < -0.3 is 40.8 Å². The molecule has 1 fully saturated rings. The molecule has 2 rings (SSSR count). The summed E-state index contributed by atoms with van der Waals surface area (Å²) < 4.78 is 0. The Morgan fingerprint density at radius 2 is 0.944 bits per heavy atom. The van der Waals surface area contributed by atoms with E-state index in [1.807, 2.05) is 0 Å². The second kappa shape index (κ2) is 16.7. The number of amides is 1. The molecule has 0 saturated carbocycles. The van der Waals surface area contributed by atoms with Crippen molar-refractivity contribution in [1.82, 2.24) is 19.6 Å². The number of nitrogen functional groups attached to an aromatic ring is 1. The predicted octanol–water partition coefficient (Wildman–Crippen LogP) is -5.32. The van der Waals surface area contributed by atoms with Gasteiger partial charge in [-0.25, -0.2) is 0 Å². The first-order chi connectivity index (χ1) is 16.6. The van der Waals surface area contributed by atoms with Gasteiger partial charge in [-0.1, -0.05) is 0 Å². The number of nitrogens with two attached hydrogens (primary N) is 1. The van der Waals surface area contributed by atoms with Gasteiger partial charge in [0.25, 0.3) is 0 Å². The summed E-state index contributed by atoms with van der Waals surface area (Å²) in [7, 11) is 0. The van der Waals surface area contributed by atoms with Gasteiger partial charge in [0.15, 0.2) is 0 Å². The van der Waals surface area contributed by atoms with Crippen LogP contribution in [0.4, 0.5) is 11.4 Å². The van der Waals surface area contributed by atoms with Crippen LogP contribution in [0.2, 0.25) is 0 Å². The number of rotatable bonds is 9. The molecule has 0 spiro atoms. The number of aliphatic carboxylic acids is 3. The number of carboxylic acid groups (broad SMARTS) is 3. The third kappa shape index (κ3) is 13.4. The van der Waals surface area contributed by atoms with Crippen molar-refractivity contribution in [1.29, 1.82) is 0 Å². The van der Waals surface area contributed by atoms with Crippen molar-refractivity contribution in [2.75, 3.05) is 89.6 Å². The minimum absolute atomic E-state index is 0. The number of hydrogen-bond acceptors (Lipinski definition) is 12. The SMILES string of the molecule is Nc1ccc(NC(=O)CN2CCN(CC(=O)[O-])CCN(CC(=O)[O-])CCN(CC(=O)[O-])CC2)cc1.[Gd+3]. The van der Waals surface area contributed by atoms with Crippen LogP contribution in [0.15, 0.2) is 24.3 Å². The Morgan fingerprint density at radius 3 is 1.25 bits per heavy atom. The zero-order chi connectivity index (χ0) is 25.8. The van der Waals surface area contributed by atoms with Gasteiger partial charge >= 0.3 is 39.9 Å². The molecule has 1 aliphatic rings. The summed E-state index contributed by atoms with van der Waals surface area (Å²) in [5, 5.41) is 36.3. The third-order valence-electron chi connectivity index (χ3n) is 5.55. The van der Waals surface area contributed by atoms with Gasteiger partial charge in [-0.2, -0.15) is 0 Å². The Kier molecular flexibility index (Phi) is 14.9. The number of nitrogens with one attached hydrogen (secondary N) is 1. The summed E-state index contributed by atoms with van der Waals surface area (Å²) in [5.74, 6) is -4.11. The number of anilines is 2. The number of nitrogens with zero attached hydrogens (tertiary/aromatic N) is 4. The van der Waals surface area contributed by atoms with E-state index in [1.54, 1.807) is 43.9 Å². The largest absolute Gasteiger partial charge is 3.00 e. The van der Waals surface area contributed by atoms with E-state index in [1.165, 1.54) is 0 Å². The van der Waals surface area contributed by atoms with Crippen molar-refractivity contribution >= 4 is 35.2 Å². The van der Waals surface area contributed by atoms with Crippen molar-refractivity contribution < 1.29 is 74.4 Å². The second-order valence-corrected chi connectivity index (χ2v) is 8.39. The molecular weight excluding hydrogens is 618 g/mol. The summed E-state index contributed by atoms with van der Waals surface area (Å²) in [6, 6.07) is 6.66. The zero-order valence-corrected chi connectivity index (χ0v) is 22.1. The summed E-state index contributed by atoms with van der Waals surface area (Å²) in [5.41, 5.74) is 6.79. The van der Waals surface area contributed by atoms with Gasteiger partial charge in [0.05, 0.1) is 24.5 Å². The minimum atomic E-state index is -1.28. The number of benzene rings is 1. The molecule has 36 heavy (non-hydrogen) atoms. The Hall–Kier alpha value is -1.94. The first kappa shape index (κ1) is 32.1. The van der Waals surface area contributed by atoms with Crippen LogP contribution in [0.25, 0.3) is 0 Å². The van der Waals surface area contributed by atoms with Gasteiger partial charge in [-0.15, -0.1) is 0 Å². The third-order valence-corrected chi connectivity index (χ3v) is 5.55. The van der Waals surface area contributed by atoms with Crippen LogP contribution in [0, 0.1) is 39.9 Å². The van der Waals surface area contributed by atoms with E-state index < -0.39 is 17.9 Å². The summed E-state index contributed by atoms with van der Waals surface area (Å²) in [4.78, 5) is 52.7. The molecule has 3 N–H and O–H groups in total. The van der Waals surface area contributed by atoms with E-state index in [9.17, 15) is 34.5 Å². The molecule has 1 aromatic rings. The average Bonchev–Trinajstić information content (AvgIpc) is 2.76.